The fourth-order valence-corrected chi connectivity index (χ4v) is 3.22. The predicted molar refractivity (Wildman–Crippen MR) is 94.5 cm³/mol. The van der Waals surface area contributed by atoms with Crippen molar-refractivity contribution in [1.82, 2.24) is 0 Å². The number of aromatic hydroxyl groups is 1. The molecular formula is C20H25NO2. The summed E-state index contributed by atoms with van der Waals surface area (Å²) in [6.07, 6.45) is 1.04. The number of hydrogen-bond acceptors (Lipinski definition) is 3. The lowest BCUT2D eigenvalue weighted by Gasteiger charge is -2.37. The summed E-state index contributed by atoms with van der Waals surface area (Å²) in [6, 6.07) is 13.9. The number of rotatable bonds is 4. The van der Waals surface area contributed by atoms with Crippen LogP contribution in [0.4, 0.5) is 5.69 Å². The molecule has 2 aromatic carbocycles. The number of benzene rings is 2. The molecule has 1 N–H and O–H groups in total. The molecule has 3 nitrogen and oxygen atoms in total. The third-order valence-corrected chi connectivity index (χ3v) is 4.30. The van der Waals surface area contributed by atoms with Gasteiger partial charge in [0.25, 0.3) is 0 Å². The third kappa shape index (κ3) is 3.61. The molecule has 0 fully saturated rings. The van der Waals surface area contributed by atoms with Gasteiger partial charge >= 0.3 is 0 Å². The van der Waals surface area contributed by atoms with Crippen LogP contribution in [0.5, 0.6) is 11.5 Å². The Morgan fingerprint density at radius 2 is 2.00 bits per heavy atom. The maximum Gasteiger partial charge on any atom is 0.143 e. The molecule has 0 aromatic heterocycles. The van der Waals surface area contributed by atoms with Gasteiger partial charge in [0.05, 0.1) is 12.2 Å². The molecule has 0 aliphatic carbocycles. The van der Waals surface area contributed by atoms with Gasteiger partial charge in [0.2, 0.25) is 0 Å². The Balaban J connectivity index is 1.85. The minimum Gasteiger partial charge on any atom is -0.508 e. The van der Waals surface area contributed by atoms with E-state index < -0.39 is 0 Å². The molecule has 0 amide bonds. The van der Waals surface area contributed by atoms with Crippen LogP contribution in [0.1, 0.15) is 25.0 Å². The summed E-state index contributed by atoms with van der Waals surface area (Å²) in [5.41, 5.74) is 3.65. The fourth-order valence-electron chi connectivity index (χ4n) is 3.22. The van der Waals surface area contributed by atoms with Crippen LogP contribution in [0, 0.1) is 12.8 Å². The molecule has 1 aliphatic rings. The van der Waals surface area contributed by atoms with Crippen LogP contribution in [0.2, 0.25) is 0 Å². The summed E-state index contributed by atoms with van der Waals surface area (Å²) in [6.45, 7) is 8.39. The summed E-state index contributed by atoms with van der Waals surface area (Å²) < 4.78 is 6.20. The maximum atomic E-state index is 9.80. The predicted octanol–water partition coefficient (Wildman–Crippen LogP) is 4.17. The zero-order valence-corrected chi connectivity index (χ0v) is 14.1. The highest BCUT2D eigenvalue weighted by Gasteiger charge is 2.27. The lowest BCUT2D eigenvalue weighted by molar-refractivity contribution is 0.191. The van der Waals surface area contributed by atoms with Gasteiger partial charge < -0.3 is 14.7 Å². The molecule has 0 saturated heterocycles. The van der Waals surface area contributed by atoms with Crippen molar-refractivity contribution in [1.29, 1.82) is 0 Å². The zero-order chi connectivity index (χ0) is 16.4. The minimum atomic E-state index is 0.131. The third-order valence-electron chi connectivity index (χ3n) is 4.30. The fraction of sp³-hybridized carbons (Fsp3) is 0.400. The van der Waals surface area contributed by atoms with E-state index in [0.717, 1.165) is 30.9 Å². The molecule has 122 valence electrons. The van der Waals surface area contributed by atoms with Crippen LogP contribution in [0.15, 0.2) is 42.5 Å². The zero-order valence-electron chi connectivity index (χ0n) is 14.1. The van der Waals surface area contributed by atoms with E-state index in [-0.39, 0.29) is 6.10 Å². The first-order valence-corrected chi connectivity index (χ1v) is 8.32. The molecule has 1 atom stereocenters. The first-order valence-electron chi connectivity index (χ1n) is 8.32. The van der Waals surface area contributed by atoms with E-state index in [2.05, 4.69) is 49.9 Å². The molecule has 0 saturated carbocycles. The van der Waals surface area contributed by atoms with Crippen LogP contribution < -0.4 is 9.64 Å². The molecule has 1 aliphatic heterocycles. The summed E-state index contributed by atoms with van der Waals surface area (Å²) in [7, 11) is 0. The number of aryl methyl sites for hydroxylation is 1. The lowest BCUT2D eigenvalue weighted by atomic mass is 10.0. The Kier molecular flexibility index (Phi) is 4.46. The van der Waals surface area contributed by atoms with Crippen molar-refractivity contribution in [2.75, 3.05) is 18.0 Å². The monoisotopic (exact) mass is 311 g/mol. The summed E-state index contributed by atoms with van der Waals surface area (Å²) >= 11 is 0. The number of nitrogens with zero attached hydrogens (tertiary/aromatic N) is 1. The highest BCUT2D eigenvalue weighted by molar-refractivity contribution is 5.63. The average molecular weight is 311 g/mol. The quantitative estimate of drug-likeness (QED) is 0.920. The Labute approximate surface area is 138 Å². The molecule has 3 rings (SSSR count). The highest BCUT2D eigenvalue weighted by atomic mass is 16.5. The van der Waals surface area contributed by atoms with Gasteiger partial charge in [0.1, 0.15) is 17.6 Å². The Morgan fingerprint density at radius 3 is 2.74 bits per heavy atom. The van der Waals surface area contributed by atoms with Crippen molar-refractivity contribution in [2.24, 2.45) is 5.92 Å². The first-order chi connectivity index (χ1) is 11.0. The van der Waals surface area contributed by atoms with Crippen molar-refractivity contribution in [3.05, 3.63) is 53.6 Å². The highest BCUT2D eigenvalue weighted by Crippen LogP contribution is 2.37. The van der Waals surface area contributed by atoms with Crippen LogP contribution >= 0.6 is 0 Å². The number of phenolic OH excluding ortho intramolecular Hbond substituents is 1. The number of anilines is 1. The van der Waals surface area contributed by atoms with Crippen molar-refractivity contribution >= 4 is 5.69 Å². The van der Waals surface area contributed by atoms with Crippen LogP contribution in [-0.2, 0) is 6.42 Å². The van der Waals surface area contributed by atoms with Gasteiger partial charge in [0.15, 0.2) is 0 Å². The normalized spacial score (nSPS) is 17.0. The summed E-state index contributed by atoms with van der Waals surface area (Å²) in [5.74, 6) is 1.72. The standard InChI is InChI=1S/C20H25NO2/c1-14(2)12-21-13-18(10-16-7-5-4-6-15(16)3)23-20-9-8-17(22)11-19(20)21/h4-9,11,14,18,22H,10,12-13H2,1-3H3. The van der Waals surface area contributed by atoms with Crippen molar-refractivity contribution in [2.45, 2.75) is 33.3 Å². The molecule has 0 spiro atoms. The van der Waals surface area contributed by atoms with E-state index in [1.54, 1.807) is 6.07 Å². The van der Waals surface area contributed by atoms with Crippen LogP contribution in [0.25, 0.3) is 0 Å². The van der Waals surface area contributed by atoms with Crippen LogP contribution in [-0.4, -0.2) is 24.3 Å². The minimum absolute atomic E-state index is 0.131. The van der Waals surface area contributed by atoms with E-state index in [1.165, 1.54) is 11.1 Å². The second-order valence-corrected chi connectivity index (χ2v) is 6.82. The van der Waals surface area contributed by atoms with Gasteiger partial charge in [-0.1, -0.05) is 38.1 Å². The van der Waals surface area contributed by atoms with Gasteiger partial charge in [-0.3, -0.25) is 0 Å². The smallest absolute Gasteiger partial charge is 0.143 e. The molecule has 2 aromatic rings. The van der Waals surface area contributed by atoms with Gasteiger partial charge in [-0.15, -0.1) is 0 Å². The topological polar surface area (TPSA) is 32.7 Å². The number of fused-ring (bicyclic) bond motifs is 1. The Morgan fingerprint density at radius 1 is 1.22 bits per heavy atom. The number of hydrogen-bond donors (Lipinski definition) is 1. The number of ether oxygens (including phenoxy) is 1. The summed E-state index contributed by atoms with van der Waals surface area (Å²) in [5, 5.41) is 9.80. The van der Waals surface area contributed by atoms with Gasteiger partial charge in [-0.05, 0) is 36.1 Å². The summed E-state index contributed by atoms with van der Waals surface area (Å²) in [4.78, 5) is 2.34. The SMILES string of the molecule is Cc1ccccc1CC1CN(CC(C)C)c2cc(O)ccc2O1. The van der Waals surface area contributed by atoms with Crippen molar-refractivity contribution < 1.29 is 9.84 Å². The number of phenols is 1. The molecular weight excluding hydrogens is 286 g/mol. The van der Waals surface area contributed by atoms with Crippen LogP contribution in [0.3, 0.4) is 0 Å². The van der Waals surface area contributed by atoms with E-state index in [4.69, 9.17) is 4.74 Å². The van der Waals surface area contributed by atoms with Gasteiger partial charge in [-0.25, -0.2) is 0 Å². The van der Waals surface area contributed by atoms with E-state index in [1.807, 2.05) is 12.1 Å². The van der Waals surface area contributed by atoms with Crippen molar-refractivity contribution in [3.63, 3.8) is 0 Å². The molecule has 1 unspecified atom stereocenters. The van der Waals surface area contributed by atoms with Crippen molar-refractivity contribution in [3.8, 4) is 11.5 Å². The molecule has 0 bridgehead atoms. The molecule has 3 heteroatoms. The second-order valence-electron chi connectivity index (χ2n) is 6.82. The average Bonchev–Trinajstić information content (AvgIpc) is 2.50. The first kappa shape index (κ1) is 15.7. The Bertz CT molecular complexity index is 681. The maximum absolute atomic E-state index is 9.80. The Hall–Kier alpha value is -2.16. The van der Waals surface area contributed by atoms with E-state index in [9.17, 15) is 5.11 Å². The van der Waals surface area contributed by atoms with Gasteiger partial charge in [0, 0.05) is 19.0 Å². The molecule has 0 radical (unpaired) electrons. The van der Waals surface area contributed by atoms with Gasteiger partial charge in [-0.2, -0.15) is 0 Å². The lowest BCUT2D eigenvalue weighted by Crippen LogP contribution is -2.42. The largest absolute Gasteiger partial charge is 0.508 e. The molecule has 1 heterocycles. The van der Waals surface area contributed by atoms with E-state index in [0.29, 0.717) is 11.7 Å². The second kappa shape index (κ2) is 6.53. The van der Waals surface area contributed by atoms with E-state index >= 15 is 0 Å². The molecule has 23 heavy (non-hydrogen) atoms.